The van der Waals surface area contributed by atoms with Crippen molar-refractivity contribution in [2.75, 3.05) is 13.2 Å². The van der Waals surface area contributed by atoms with Crippen LogP contribution in [0.4, 0.5) is 0 Å². The first-order valence-corrected chi connectivity index (χ1v) is 8.19. The van der Waals surface area contributed by atoms with E-state index >= 15 is 0 Å². The predicted molar refractivity (Wildman–Crippen MR) is 75.9 cm³/mol. The SMILES string of the molecule is Cc1c(CO)cccc1S(=O)(=O)NCC1(C)CCCO1. The molecular weight excluding hydrogens is 278 g/mol. The van der Waals surface area contributed by atoms with Crippen molar-refractivity contribution in [1.29, 1.82) is 0 Å². The molecule has 1 heterocycles. The van der Waals surface area contributed by atoms with Gasteiger partial charge in [0.1, 0.15) is 0 Å². The fourth-order valence-electron chi connectivity index (χ4n) is 2.42. The van der Waals surface area contributed by atoms with E-state index in [1.165, 1.54) is 0 Å². The standard InChI is InChI=1S/C14H21NO4S/c1-11-12(9-16)5-3-6-13(11)20(17,18)15-10-14(2)7-4-8-19-14/h3,5-6,15-16H,4,7-10H2,1-2H3. The minimum absolute atomic E-state index is 0.171. The Morgan fingerprint density at radius 3 is 2.80 bits per heavy atom. The zero-order chi connectivity index (χ0) is 14.8. The average Bonchev–Trinajstić information content (AvgIpc) is 2.84. The van der Waals surface area contributed by atoms with Crippen LogP contribution in [0.15, 0.2) is 23.1 Å². The van der Waals surface area contributed by atoms with Crippen molar-refractivity contribution in [2.24, 2.45) is 0 Å². The quantitative estimate of drug-likeness (QED) is 0.860. The Kier molecular flexibility index (Phi) is 4.49. The third-order valence-electron chi connectivity index (χ3n) is 3.79. The number of sulfonamides is 1. The number of aliphatic hydroxyl groups is 1. The van der Waals surface area contributed by atoms with Gasteiger partial charge < -0.3 is 9.84 Å². The Hall–Kier alpha value is -0.950. The van der Waals surface area contributed by atoms with E-state index in [0.29, 0.717) is 17.7 Å². The van der Waals surface area contributed by atoms with Gasteiger partial charge in [0.2, 0.25) is 10.0 Å². The maximum Gasteiger partial charge on any atom is 0.240 e. The monoisotopic (exact) mass is 299 g/mol. The first kappa shape index (κ1) is 15.4. The van der Waals surface area contributed by atoms with E-state index in [1.54, 1.807) is 25.1 Å². The number of aliphatic hydroxyl groups excluding tert-OH is 1. The largest absolute Gasteiger partial charge is 0.392 e. The van der Waals surface area contributed by atoms with Crippen LogP contribution < -0.4 is 4.72 Å². The Labute approximate surface area is 120 Å². The summed E-state index contributed by atoms with van der Waals surface area (Å²) in [4.78, 5) is 0.214. The van der Waals surface area contributed by atoms with Crippen molar-refractivity contribution in [2.45, 2.75) is 43.8 Å². The molecule has 1 fully saturated rings. The zero-order valence-electron chi connectivity index (χ0n) is 11.8. The maximum absolute atomic E-state index is 12.4. The molecule has 1 aromatic rings. The van der Waals surface area contributed by atoms with Crippen LogP contribution in [0.25, 0.3) is 0 Å². The number of ether oxygens (including phenoxy) is 1. The summed E-state index contributed by atoms with van der Waals surface area (Å²) in [6.45, 7) is 4.39. The van der Waals surface area contributed by atoms with Crippen LogP contribution in [-0.4, -0.2) is 32.3 Å². The first-order chi connectivity index (χ1) is 9.38. The summed E-state index contributed by atoms with van der Waals surface area (Å²) in [5.74, 6) is 0. The summed E-state index contributed by atoms with van der Waals surface area (Å²) in [5, 5.41) is 9.22. The predicted octanol–water partition coefficient (Wildman–Crippen LogP) is 1.33. The number of hydrogen-bond donors (Lipinski definition) is 2. The van der Waals surface area contributed by atoms with Gasteiger partial charge in [0.05, 0.1) is 17.1 Å². The molecule has 0 aliphatic carbocycles. The second kappa shape index (κ2) is 5.81. The smallest absolute Gasteiger partial charge is 0.240 e. The number of nitrogens with one attached hydrogen (secondary N) is 1. The second-order valence-electron chi connectivity index (χ2n) is 5.42. The van der Waals surface area contributed by atoms with Crippen LogP contribution in [0.5, 0.6) is 0 Å². The lowest BCUT2D eigenvalue weighted by atomic mass is 10.0. The van der Waals surface area contributed by atoms with Gasteiger partial charge in [-0.3, -0.25) is 0 Å². The minimum atomic E-state index is -3.59. The van der Waals surface area contributed by atoms with Crippen molar-refractivity contribution in [3.8, 4) is 0 Å². The summed E-state index contributed by atoms with van der Waals surface area (Å²) < 4.78 is 32.9. The Bertz CT molecular complexity index is 577. The van der Waals surface area contributed by atoms with Gasteiger partial charge in [-0.25, -0.2) is 13.1 Å². The molecule has 0 radical (unpaired) electrons. The van der Waals surface area contributed by atoms with Crippen molar-refractivity contribution < 1.29 is 18.3 Å². The molecule has 1 aromatic carbocycles. The number of hydrogen-bond acceptors (Lipinski definition) is 4. The molecule has 1 aliphatic heterocycles. The van der Waals surface area contributed by atoms with Crippen molar-refractivity contribution in [3.05, 3.63) is 29.3 Å². The summed E-state index contributed by atoms with van der Waals surface area (Å²) in [7, 11) is -3.59. The van der Waals surface area contributed by atoms with Gasteiger partial charge in [0, 0.05) is 13.2 Å². The van der Waals surface area contributed by atoms with Gasteiger partial charge in [-0.2, -0.15) is 0 Å². The molecule has 1 saturated heterocycles. The number of rotatable bonds is 5. The Balaban J connectivity index is 2.18. The van der Waals surface area contributed by atoms with Crippen molar-refractivity contribution >= 4 is 10.0 Å². The van der Waals surface area contributed by atoms with E-state index in [0.717, 1.165) is 12.8 Å². The van der Waals surface area contributed by atoms with Gasteiger partial charge in [-0.15, -0.1) is 0 Å². The summed E-state index contributed by atoms with van der Waals surface area (Å²) >= 11 is 0. The molecule has 112 valence electrons. The van der Waals surface area contributed by atoms with Gasteiger partial charge in [0.15, 0.2) is 0 Å². The van der Waals surface area contributed by atoms with Crippen LogP contribution in [-0.2, 0) is 21.4 Å². The lowest BCUT2D eigenvalue weighted by Gasteiger charge is -2.23. The zero-order valence-corrected chi connectivity index (χ0v) is 12.7. The molecule has 1 unspecified atom stereocenters. The van der Waals surface area contributed by atoms with Crippen LogP contribution >= 0.6 is 0 Å². The lowest BCUT2D eigenvalue weighted by Crippen LogP contribution is -2.40. The van der Waals surface area contributed by atoms with E-state index in [9.17, 15) is 13.5 Å². The molecule has 0 spiro atoms. The van der Waals surface area contributed by atoms with Crippen molar-refractivity contribution in [3.63, 3.8) is 0 Å². The molecule has 20 heavy (non-hydrogen) atoms. The van der Waals surface area contributed by atoms with E-state index in [-0.39, 0.29) is 18.0 Å². The molecule has 0 aromatic heterocycles. The topological polar surface area (TPSA) is 75.6 Å². The normalized spacial score (nSPS) is 23.1. The number of benzene rings is 1. The van der Waals surface area contributed by atoms with Crippen LogP contribution in [0, 0.1) is 6.92 Å². The maximum atomic E-state index is 12.4. The Morgan fingerprint density at radius 2 is 2.20 bits per heavy atom. The van der Waals surface area contributed by atoms with Crippen LogP contribution in [0.3, 0.4) is 0 Å². The fourth-order valence-corrected chi connectivity index (χ4v) is 3.87. The van der Waals surface area contributed by atoms with Crippen molar-refractivity contribution in [1.82, 2.24) is 4.72 Å². The summed E-state index contributed by atoms with van der Waals surface area (Å²) in [5.41, 5.74) is 0.784. The summed E-state index contributed by atoms with van der Waals surface area (Å²) in [6, 6.07) is 4.91. The molecule has 0 amide bonds. The average molecular weight is 299 g/mol. The van der Waals surface area contributed by atoms with Gasteiger partial charge >= 0.3 is 0 Å². The third-order valence-corrected chi connectivity index (χ3v) is 5.34. The summed E-state index contributed by atoms with van der Waals surface area (Å²) in [6.07, 6.45) is 1.81. The molecule has 6 heteroatoms. The molecular formula is C14H21NO4S. The van der Waals surface area contributed by atoms with Gasteiger partial charge in [-0.1, -0.05) is 12.1 Å². The molecule has 1 atom stereocenters. The van der Waals surface area contributed by atoms with Gasteiger partial charge in [-0.05, 0) is 43.9 Å². The van der Waals surface area contributed by atoms with E-state index in [4.69, 9.17) is 4.74 Å². The highest BCUT2D eigenvalue weighted by Gasteiger charge is 2.31. The molecule has 1 aliphatic rings. The highest BCUT2D eigenvalue weighted by Crippen LogP contribution is 2.25. The molecule has 5 nitrogen and oxygen atoms in total. The third kappa shape index (κ3) is 3.20. The minimum Gasteiger partial charge on any atom is -0.392 e. The van der Waals surface area contributed by atoms with Crippen LogP contribution in [0.2, 0.25) is 0 Å². The molecule has 0 bridgehead atoms. The molecule has 2 N–H and O–H groups in total. The van der Waals surface area contributed by atoms with Crippen LogP contribution in [0.1, 0.15) is 30.9 Å². The highest BCUT2D eigenvalue weighted by atomic mass is 32.2. The van der Waals surface area contributed by atoms with E-state index < -0.39 is 15.6 Å². The Morgan fingerprint density at radius 1 is 1.45 bits per heavy atom. The van der Waals surface area contributed by atoms with Gasteiger partial charge in [0.25, 0.3) is 0 Å². The highest BCUT2D eigenvalue weighted by molar-refractivity contribution is 7.89. The molecule has 0 saturated carbocycles. The first-order valence-electron chi connectivity index (χ1n) is 6.71. The molecule has 2 rings (SSSR count). The fraction of sp³-hybridized carbons (Fsp3) is 0.571. The van der Waals surface area contributed by atoms with E-state index in [2.05, 4.69) is 4.72 Å². The van der Waals surface area contributed by atoms with E-state index in [1.807, 2.05) is 6.92 Å². The lowest BCUT2D eigenvalue weighted by molar-refractivity contribution is 0.0250. The second-order valence-corrected chi connectivity index (χ2v) is 7.16.